The van der Waals surface area contributed by atoms with Crippen molar-refractivity contribution in [3.63, 3.8) is 0 Å². The number of benzene rings is 1. The van der Waals surface area contributed by atoms with Gasteiger partial charge in [-0.3, -0.25) is 9.59 Å². The number of hydrogen-bond donors (Lipinski definition) is 1. The molecule has 2 aromatic rings. The number of amides is 2. The molecular formula is C18H18Cl2N2O2S. The average Bonchev–Trinajstić information content (AvgIpc) is 3.25. The van der Waals surface area contributed by atoms with Gasteiger partial charge in [-0.05, 0) is 48.9 Å². The van der Waals surface area contributed by atoms with E-state index in [4.69, 9.17) is 23.2 Å². The molecule has 0 bridgehead atoms. The van der Waals surface area contributed by atoms with Crippen LogP contribution in [0.1, 0.15) is 41.0 Å². The summed E-state index contributed by atoms with van der Waals surface area (Å²) in [6, 6.07) is 8.12. The van der Waals surface area contributed by atoms with E-state index in [9.17, 15) is 9.59 Å². The summed E-state index contributed by atoms with van der Waals surface area (Å²) in [7, 11) is 0. The highest BCUT2D eigenvalue weighted by Gasteiger charge is 2.35. The summed E-state index contributed by atoms with van der Waals surface area (Å²) in [5.74, 6) is -0.231. The van der Waals surface area contributed by atoms with E-state index in [1.807, 2.05) is 18.4 Å². The van der Waals surface area contributed by atoms with Gasteiger partial charge in [0.05, 0.1) is 10.9 Å². The lowest BCUT2D eigenvalue weighted by Crippen LogP contribution is -2.46. The molecule has 2 atom stereocenters. The van der Waals surface area contributed by atoms with Gasteiger partial charge in [0.15, 0.2) is 0 Å². The highest BCUT2D eigenvalue weighted by atomic mass is 35.5. The molecule has 0 radical (unpaired) electrons. The number of likely N-dealkylation sites (tertiary alicyclic amines) is 1. The monoisotopic (exact) mass is 396 g/mol. The number of halogens is 2. The SMILES string of the molecule is C[C@@H](NC(=O)[C@H]1CCCN1C(=O)c1cccs1)c1ccc(Cl)cc1Cl. The topological polar surface area (TPSA) is 49.4 Å². The second-order valence-electron chi connectivity index (χ2n) is 6.03. The molecule has 1 N–H and O–H groups in total. The molecule has 0 spiro atoms. The largest absolute Gasteiger partial charge is 0.348 e. The van der Waals surface area contributed by atoms with Gasteiger partial charge in [-0.25, -0.2) is 0 Å². The van der Waals surface area contributed by atoms with Crippen molar-refractivity contribution in [3.05, 3.63) is 56.2 Å². The van der Waals surface area contributed by atoms with E-state index in [-0.39, 0.29) is 17.9 Å². The predicted molar refractivity (Wildman–Crippen MR) is 101 cm³/mol. The second kappa shape index (κ2) is 7.77. The van der Waals surface area contributed by atoms with E-state index in [0.717, 1.165) is 12.0 Å². The van der Waals surface area contributed by atoms with Crippen LogP contribution in [0.3, 0.4) is 0 Å². The summed E-state index contributed by atoms with van der Waals surface area (Å²) >= 11 is 13.5. The maximum Gasteiger partial charge on any atom is 0.264 e. The van der Waals surface area contributed by atoms with Crippen molar-refractivity contribution in [2.75, 3.05) is 6.54 Å². The molecule has 1 aromatic heterocycles. The number of rotatable bonds is 4. The average molecular weight is 397 g/mol. The van der Waals surface area contributed by atoms with Gasteiger partial charge in [-0.2, -0.15) is 0 Å². The molecule has 0 saturated carbocycles. The normalized spacial score (nSPS) is 18.2. The van der Waals surface area contributed by atoms with Gasteiger partial charge in [-0.15, -0.1) is 11.3 Å². The molecular weight excluding hydrogens is 379 g/mol. The molecule has 1 aromatic carbocycles. The minimum absolute atomic E-state index is 0.0789. The van der Waals surface area contributed by atoms with Gasteiger partial charge >= 0.3 is 0 Å². The Morgan fingerprint density at radius 1 is 1.32 bits per heavy atom. The number of thiophene rings is 1. The molecule has 7 heteroatoms. The summed E-state index contributed by atoms with van der Waals surface area (Å²) in [4.78, 5) is 27.6. The van der Waals surface area contributed by atoms with Gasteiger partial charge in [0.25, 0.3) is 5.91 Å². The summed E-state index contributed by atoms with van der Waals surface area (Å²) in [6.07, 6.45) is 1.50. The highest BCUT2D eigenvalue weighted by molar-refractivity contribution is 7.12. The van der Waals surface area contributed by atoms with Crippen LogP contribution in [-0.4, -0.2) is 29.3 Å². The van der Waals surface area contributed by atoms with Gasteiger partial charge in [0.1, 0.15) is 6.04 Å². The van der Waals surface area contributed by atoms with E-state index >= 15 is 0 Å². The number of hydrogen-bond acceptors (Lipinski definition) is 3. The maximum absolute atomic E-state index is 12.7. The standard InChI is InChI=1S/C18H18Cl2N2O2S/c1-11(13-7-6-12(19)10-14(13)20)21-17(23)15-4-2-8-22(15)18(24)16-5-3-9-25-16/h3,5-7,9-11,15H,2,4,8H2,1H3,(H,21,23)/t11-,15-/m1/s1. The van der Waals surface area contributed by atoms with Crippen molar-refractivity contribution >= 4 is 46.4 Å². The van der Waals surface area contributed by atoms with E-state index in [0.29, 0.717) is 27.9 Å². The molecule has 1 aliphatic rings. The number of carbonyl (C=O) groups is 2. The second-order valence-corrected chi connectivity index (χ2v) is 7.82. The highest BCUT2D eigenvalue weighted by Crippen LogP contribution is 2.27. The molecule has 1 aliphatic heterocycles. The van der Waals surface area contributed by atoms with Crippen LogP contribution in [0.5, 0.6) is 0 Å². The number of carbonyl (C=O) groups excluding carboxylic acids is 2. The molecule has 0 unspecified atom stereocenters. The van der Waals surface area contributed by atoms with Crippen molar-refractivity contribution in [1.82, 2.24) is 10.2 Å². The molecule has 0 aliphatic carbocycles. The number of nitrogens with zero attached hydrogens (tertiary/aromatic N) is 1. The summed E-state index contributed by atoms with van der Waals surface area (Å²) in [5, 5.41) is 5.90. The molecule has 25 heavy (non-hydrogen) atoms. The quantitative estimate of drug-likeness (QED) is 0.824. The Hall–Kier alpha value is -1.56. The summed E-state index contributed by atoms with van der Waals surface area (Å²) < 4.78 is 0. The first-order valence-electron chi connectivity index (χ1n) is 8.07. The van der Waals surface area contributed by atoms with Gasteiger partial charge < -0.3 is 10.2 Å². The molecule has 1 saturated heterocycles. The van der Waals surface area contributed by atoms with Crippen LogP contribution in [0.4, 0.5) is 0 Å². The zero-order valence-corrected chi connectivity index (χ0v) is 16.0. The lowest BCUT2D eigenvalue weighted by molar-refractivity contribution is -0.125. The van der Waals surface area contributed by atoms with E-state index in [2.05, 4.69) is 5.32 Å². The Bertz CT molecular complexity index is 779. The lowest BCUT2D eigenvalue weighted by atomic mass is 10.1. The Kier molecular flexibility index (Phi) is 5.67. The maximum atomic E-state index is 12.7. The smallest absolute Gasteiger partial charge is 0.264 e. The minimum Gasteiger partial charge on any atom is -0.348 e. The van der Waals surface area contributed by atoms with Crippen LogP contribution in [0, 0.1) is 0 Å². The third kappa shape index (κ3) is 4.00. The van der Waals surface area contributed by atoms with Gasteiger partial charge in [0.2, 0.25) is 5.91 Å². The first-order valence-corrected chi connectivity index (χ1v) is 9.70. The van der Waals surface area contributed by atoms with Crippen LogP contribution < -0.4 is 5.32 Å². The van der Waals surface area contributed by atoms with E-state index in [1.54, 1.807) is 29.2 Å². The Morgan fingerprint density at radius 3 is 2.80 bits per heavy atom. The molecule has 2 amide bonds. The van der Waals surface area contributed by atoms with Crippen molar-refractivity contribution in [2.45, 2.75) is 31.8 Å². The zero-order valence-electron chi connectivity index (χ0n) is 13.7. The summed E-state index contributed by atoms with van der Waals surface area (Å²) in [6.45, 7) is 2.47. The third-order valence-corrected chi connectivity index (χ3v) is 5.76. The minimum atomic E-state index is -0.442. The van der Waals surface area contributed by atoms with Crippen LogP contribution in [0.2, 0.25) is 10.0 Å². The molecule has 3 rings (SSSR count). The van der Waals surface area contributed by atoms with Crippen molar-refractivity contribution in [2.24, 2.45) is 0 Å². The van der Waals surface area contributed by atoms with Gasteiger partial charge in [0, 0.05) is 16.6 Å². The Labute approximate surface area is 160 Å². The fraction of sp³-hybridized carbons (Fsp3) is 0.333. The van der Waals surface area contributed by atoms with Gasteiger partial charge in [-0.1, -0.05) is 35.3 Å². The molecule has 132 valence electrons. The molecule has 4 nitrogen and oxygen atoms in total. The van der Waals surface area contributed by atoms with Crippen molar-refractivity contribution in [3.8, 4) is 0 Å². The van der Waals surface area contributed by atoms with Crippen molar-refractivity contribution in [1.29, 1.82) is 0 Å². The first-order chi connectivity index (χ1) is 12.0. The fourth-order valence-electron chi connectivity index (χ4n) is 3.06. The Morgan fingerprint density at radius 2 is 2.12 bits per heavy atom. The van der Waals surface area contributed by atoms with E-state index < -0.39 is 6.04 Å². The number of nitrogens with one attached hydrogen (secondary N) is 1. The molecule has 2 heterocycles. The van der Waals surface area contributed by atoms with Crippen LogP contribution in [-0.2, 0) is 4.79 Å². The Balaban J connectivity index is 1.70. The van der Waals surface area contributed by atoms with Crippen molar-refractivity contribution < 1.29 is 9.59 Å². The third-order valence-electron chi connectivity index (χ3n) is 4.34. The molecule has 1 fully saturated rings. The summed E-state index contributed by atoms with van der Waals surface area (Å²) in [5.41, 5.74) is 0.800. The van der Waals surface area contributed by atoms with Crippen LogP contribution in [0.15, 0.2) is 35.7 Å². The van der Waals surface area contributed by atoms with E-state index in [1.165, 1.54) is 11.3 Å². The van der Waals surface area contributed by atoms with Crippen LogP contribution in [0.25, 0.3) is 0 Å². The first kappa shape index (κ1) is 18.2. The predicted octanol–water partition coefficient (Wildman–Crippen LogP) is 4.54. The lowest BCUT2D eigenvalue weighted by Gasteiger charge is -2.25. The van der Waals surface area contributed by atoms with Crippen LogP contribution >= 0.6 is 34.5 Å². The zero-order chi connectivity index (χ0) is 18.0. The fourth-order valence-corrected chi connectivity index (χ4v) is 4.32.